The summed E-state index contributed by atoms with van der Waals surface area (Å²) in [6, 6.07) is 19.0. The minimum Gasteiger partial charge on any atom is -0.497 e. The average Bonchev–Trinajstić information content (AvgIpc) is 3.26. The van der Waals surface area contributed by atoms with Crippen LogP contribution in [0.25, 0.3) is 0 Å². The standard InChI is InChI=1S/C25H25NO4/c1-28-21-12-13-23(24(15-21)29-2)26-25(27)19-8-6-17(7-9-19)16-30-22-11-10-18-4-3-5-20(18)14-22/h6-15H,3-5,16H2,1-2H3,(H,26,27). The van der Waals surface area contributed by atoms with E-state index in [0.29, 0.717) is 29.4 Å². The lowest BCUT2D eigenvalue weighted by molar-refractivity contribution is 0.102. The van der Waals surface area contributed by atoms with E-state index in [1.807, 2.05) is 18.2 Å². The van der Waals surface area contributed by atoms with E-state index in [9.17, 15) is 4.79 Å². The summed E-state index contributed by atoms with van der Waals surface area (Å²) < 4.78 is 16.5. The molecule has 0 radical (unpaired) electrons. The Kier molecular flexibility index (Phi) is 5.89. The molecule has 154 valence electrons. The average molecular weight is 403 g/mol. The molecule has 0 saturated heterocycles. The van der Waals surface area contributed by atoms with Gasteiger partial charge in [-0.15, -0.1) is 0 Å². The lowest BCUT2D eigenvalue weighted by Crippen LogP contribution is -2.12. The summed E-state index contributed by atoms with van der Waals surface area (Å²) in [5, 5.41) is 2.88. The molecule has 3 aromatic carbocycles. The van der Waals surface area contributed by atoms with Crippen molar-refractivity contribution < 1.29 is 19.0 Å². The molecule has 1 aliphatic rings. The molecule has 0 aromatic heterocycles. The number of anilines is 1. The van der Waals surface area contributed by atoms with Crippen LogP contribution >= 0.6 is 0 Å². The number of ether oxygens (including phenoxy) is 3. The Morgan fingerprint density at radius 2 is 1.63 bits per heavy atom. The summed E-state index contributed by atoms with van der Waals surface area (Å²) in [5.74, 6) is 1.90. The number of hydrogen-bond donors (Lipinski definition) is 1. The summed E-state index contributed by atoms with van der Waals surface area (Å²) in [6.07, 6.45) is 3.53. The summed E-state index contributed by atoms with van der Waals surface area (Å²) in [6.45, 7) is 0.465. The van der Waals surface area contributed by atoms with Gasteiger partial charge in [0.05, 0.1) is 19.9 Å². The molecule has 0 bridgehead atoms. The largest absolute Gasteiger partial charge is 0.497 e. The van der Waals surface area contributed by atoms with Gasteiger partial charge in [-0.1, -0.05) is 18.2 Å². The van der Waals surface area contributed by atoms with Crippen molar-refractivity contribution in [3.05, 3.63) is 82.9 Å². The second kappa shape index (κ2) is 8.91. The van der Waals surface area contributed by atoms with Crippen molar-refractivity contribution in [2.24, 2.45) is 0 Å². The third-order valence-corrected chi connectivity index (χ3v) is 5.35. The molecule has 5 nitrogen and oxygen atoms in total. The van der Waals surface area contributed by atoms with E-state index in [1.54, 1.807) is 44.6 Å². The Balaban J connectivity index is 1.38. The van der Waals surface area contributed by atoms with E-state index in [0.717, 1.165) is 17.7 Å². The Morgan fingerprint density at radius 1 is 0.867 bits per heavy atom. The molecule has 0 heterocycles. The SMILES string of the molecule is COc1ccc(NC(=O)c2ccc(COc3ccc4c(c3)CCC4)cc2)c(OC)c1. The van der Waals surface area contributed by atoms with Gasteiger partial charge in [-0.05, 0) is 72.4 Å². The smallest absolute Gasteiger partial charge is 0.255 e. The molecule has 1 aliphatic carbocycles. The molecular weight excluding hydrogens is 378 g/mol. The molecule has 4 rings (SSSR count). The van der Waals surface area contributed by atoms with Crippen molar-refractivity contribution in [1.29, 1.82) is 0 Å². The van der Waals surface area contributed by atoms with Crippen LogP contribution in [0, 0.1) is 0 Å². The van der Waals surface area contributed by atoms with Crippen LogP contribution in [-0.2, 0) is 19.4 Å². The fourth-order valence-electron chi connectivity index (χ4n) is 3.65. The molecule has 30 heavy (non-hydrogen) atoms. The second-order valence-electron chi connectivity index (χ2n) is 7.29. The number of aryl methyl sites for hydroxylation is 2. The highest BCUT2D eigenvalue weighted by Gasteiger charge is 2.12. The van der Waals surface area contributed by atoms with Gasteiger partial charge >= 0.3 is 0 Å². The predicted octanol–water partition coefficient (Wildman–Crippen LogP) is 5.02. The van der Waals surface area contributed by atoms with Gasteiger partial charge in [-0.2, -0.15) is 0 Å². The van der Waals surface area contributed by atoms with Gasteiger partial charge in [-0.25, -0.2) is 0 Å². The molecule has 5 heteroatoms. The zero-order valence-corrected chi connectivity index (χ0v) is 17.2. The fourth-order valence-corrected chi connectivity index (χ4v) is 3.65. The maximum Gasteiger partial charge on any atom is 0.255 e. The van der Waals surface area contributed by atoms with Crippen LogP contribution in [0.1, 0.15) is 33.5 Å². The van der Waals surface area contributed by atoms with E-state index in [4.69, 9.17) is 14.2 Å². The zero-order chi connectivity index (χ0) is 20.9. The van der Waals surface area contributed by atoms with E-state index in [-0.39, 0.29) is 5.91 Å². The third kappa shape index (κ3) is 4.40. The normalized spacial score (nSPS) is 12.2. The van der Waals surface area contributed by atoms with Crippen LogP contribution in [0.15, 0.2) is 60.7 Å². The zero-order valence-electron chi connectivity index (χ0n) is 17.2. The van der Waals surface area contributed by atoms with Crippen LogP contribution in [0.4, 0.5) is 5.69 Å². The van der Waals surface area contributed by atoms with Crippen molar-refractivity contribution in [2.75, 3.05) is 19.5 Å². The number of rotatable bonds is 7. The molecule has 0 spiro atoms. The number of carbonyl (C=O) groups excluding carboxylic acids is 1. The molecule has 0 aliphatic heterocycles. The van der Waals surface area contributed by atoms with Gasteiger partial charge in [-0.3, -0.25) is 4.79 Å². The molecular formula is C25H25NO4. The van der Waals surface area contributed by atoms with Crippen molar-refractivity contribution in [3.8, 4) is 17.2 Å². The number of amides is 1. The first-order valence-corrected chi connectivity index (χ1v) is 10.0. The summed E-state index contributed by atoms with van der Waals surface area (Å²) in [4.78, 5) is 12.6. The lowest BCUT2D eigenvalue weighted by atomic mass is 10.1. The van der Waals surface area contributed by atoms with E-state index in [2.05, 4.69) is 17.4 Å². The summed E-state index contributed by atoms with van der Waals surface area (Å²) in [7, 11) is 3.14. The van der Waals surface area contributed by atoms with Crippen molar-refractivity contribution >= 4 is 11.6 Å². The molecule has 0 atom stereocenters. The monoisotopic (exact) mass is 403 g/mol. The summed E-state index contributed by atoms with van der Waals surface area (Å²) in [5.41, 5.74) is 5.00. The van der Waals surface area contributed by atoms with Crippen molar-refractivity contribution in [2.45, 2.75) is 25.9 Å². The van der Waals surface area contributed by atoms with Crippen LogP contribution in [0.3, 0.4) is 0 Å². The topological polar surface area (TPSA) is 56.8 Å². The molecule has 0 saturated carbocycles. The predicted molar refractivity (Wildman–Crippen MR) is 117 cm³/mol. The maximum absolute atomic E-state index is 12.6. The first-order valence-electron chi connectivity index (χ1n) is 10.0. The van der Waals surface area contributed by atoms with Crippen LogP contribution < -0.4 is 19.5 Å². The molecule has 1 amide bonds. The fraction of sp³-hybridized carbons (Fsp3) is 0.240. The van der Waals surface area contributed by atoms with Crippen molar-refractivity contribution in [3.63, 3.8) is 0 Å². The van der Waals surface area contributed by atoms with Gasteiger partial charge in [0.25, 0.3) is 5.91 Å². The molecule has 0 fully saturated rings. The van der Waals surface area contributed by atoms with Crippen molar-refractivity contribution in [1.82, 2.24) is 0 Å². The van der Waals surface area contributed by atoms with Crippen LogP contribution in [-0.4, -0.2) is 20.1 Å². The Labute approximate surface area is 176 Å². The number of carbonyl (C=O) groups is 1. The van der Waals surface area contributed by atoms with E-state index < -0.39 is 0 Å². The minimum atomic E-state index is -0.204. The Bertz CT molecular complexity index is 1040. The Morgan fingerprint density at radius 3 is 2.40 bits per heavy atom. The highest BCUT2D eigenvalue weighted by molar-refractivity contribution is 6.05. The summed E-state index contributed by atoms with van der Waals surface area (Å²) >= 11 is 0. The van der Waals surface area contributed by atoms with E-state index in [1.165, 1.54) is 24.0 Å². The van der Waals surface area contributed by atoms with E-state index >= 15 is 0 Å². The number of methoxy groups -OCH3 is 2. The second-order valence-corrected chi connectivity index (χ2v) is 7.29. The molecule has 1 N–H and O–H groups in total. The van der Waals surface area contributed by atoms with Gasteiger partial charge in [0.15, 0.2) is 0 Å². The maximum atomic E-state index is 12.6. The first-order chi connectivity index (χ1) is 14.7. The quantitative estimate of drug-likeness (QED) is 0.602. The lowest BCUT2D eigenvalue weighted by Gasteiger charge is -2.12. The van der Waals surface area contributed by atoms with Crippen LogP contribution in [0.2, 0.25) is 0 Å². The van der Waals surface area contributed by atoms with Gasteiger partial charge in [0.1, 0.15) is 23.9 Å². The highest BCUT2D eigenvalue weighted by Crippen LogP contribution is 2.29. The highest BCUT2D eigenvalue weighted by atomic mass is 16.5. The molecule has 3 aromatic rings. The van der Waals surface area contributed by atoms with Gasteiger partial charge in [0, 0.05) is 11.6 Å². The van der Waals surface area contributed by atoms with Gasteiger partial charge < -0.3 is 19.5 Å². The van der Waals surface area contributed by atoms with Crippen LogP contribution in [0.5, 0.6) is 17.2 Å². The van der Waals surface area contributed by atoms with Gasteiger partial charge in [0.2, 0.25) is 0 Å². The molecule has 0 unspecified atom stereocenters. The number of fused-ring (bicyclic) bond motifs is 1. The number of benzene rings is 3. The number of nitrogens with one attached hydrogen (secondary N) is 1. The third-order valence-electron chi connectivity index (χ3n) is 5.35. The minimum absolute atomic E-state index is 0.204. The first kappa shape index (κ1) is 19.8. The number of hydrogen-bond acceptors (Lipinski definition) is 4. The Hall–Kier alpha value is -3.47.